The summed E-state index contributed by atoms with van der Waals surface area (Å²) in [4.78, 5) is 2.48. The summed E-state index contributed by atoms with van der Waals surface area (Å²) in [5, 5.41) is 0. The molecule has 0 heterocycles. The molecule has 4 heteroatoms. The Morgan fingerprint density at radius 2 is 1.59 bits per heavy atom. The second kappa shape index (κ2) is 7.51. The first-order valence-electron chi connectivity index (χ1n) is 7.09. The molecule has 0 spiro atoms. The summed E-state index contributed by atoms with van der Waals surface area (Å²) in [5.74, 6) is 0. The first kappa shape index (κ1) is 15.2. The van der Waals surface area contributed by atoms with Gasteiger partial charge in [0.1, 0.15) is 0 Å². The molecule has 3 nitrogen and oxygen atoms in total. The van der Waals surface area contributed by atoms with E-state index in [1.54, 1.807) is 0 Å². The maximum absolute atomic E-state index is 5.91. The van der Waals surface area contributed by atoms with E-state index in [-0.39, 0.29) is 0 Å². The number of nitrogens with zero attached hydrogens (tertiary/aromatic N) is 1. The first-order valence-corrected chi connectivity index (χ1v) is 9.62. The lowest BCUT2D eigenvalue weighted by Gasteiger charge is -2.36. The Hall–Kier alpha value is 0.0969. The van der Waals surface area contributed by atoms with E-state index in [4.69, 9.17) is 8.85 Å². The summed E-state index contributed by atoms with van der Waals surface area (Å²) >= 11 is 0. The number of hydrogen-bond donors (Lipinski definition) is 0. The van der Waals surface area contributed by atoms with Crippen molar-refractivity contribution in [3.63, 3.8) is 0 Å². The standard InChI is InChI=1S/C13H29NO2Si/c1-5-15-17(4,16-6-2)12-14(3)13-10-8-7-9-11-13/h13H,5-12H2,1-4H3. The van der Waals surface area contributed by atoms with Gasteiger partial charge in [-0.25, -0.2) is 0 Å². The van der Waals surface area contributed by atoms with Crippen molar-refractivity contribution in [2.45, 2.75) is 58.5 Å². The third kappa shape index (κ3) is 5.08. The minimum Gasteiger partial charge on any atom is -0.394 e. The summed E-state index contributed by atoms with van der Waals surface area (Å²) in [6.45, 7) is 7.84. The van der Waals surface area contributed by atoms with Crippen molar-refractivity contribution in [1.29, 1.82) is 0 Å². The zero-order chi connectivity index (χ0) is 12.7. The minimum atomic E-state index is -1.97. The van der Waals surface area contributed by atoms with Crippen LogP contribution in [0.25, 0.3) is 0 Å². The lowest BCUT2D eigenvalue weighted by atomic mass is 9.95. The smallest absolute Gasteiger partial charge is 0.349 e. The molecule has 0 aliphatic heterocycles. The van der Waals surface area contributed by atoms with Gasteiger partial charge in [0.15, 0.2) is 0 Å². The number of hydrogen-bond acceptors (Lipinski definition) is 3. The highest BCUT2D eigenvalue weighted by Gasteiger charge is 2.34. The summed E-state index contributed by atoms with van der Waals surface area (Å²) < 4.78 is 11.8. The van der Waals surface area contributed by atoms with Gasteiger partial charge in [-0.05, 0) is 40.3 Å². The number of rotatable bonds is 7. The molecule has 1 fully saturated rings. The van der Waals surface area contributed by atoms with Crippen LogP contribution in [0.15, 0.2) is 0 Å². The first-order chi connectivity index (χ1) is 8.11. The van der Waals surface area contributed by atoms with Crippen molar-refractivity contribution >= 4 is 8.56 Å². The van der Waals surface area contributed by atoms with Gasteiger partial charge in [0.2, 0.25) is 0 Å². The maximum Gasteiger partial charge on any atom is 0.349 e. The molecule has 17 heavy (non-hydrogen) atoms. The molecular weight excluding hydrogens is 230 g/mol. The Morgan fingerprint density at radius 3 is 2.06 bits per heavy atom. The van der Waals surface area contributed by atoms with Gasteiger partial charge in [-0.3, -0.25) is 0 Å². The summed E-state index contributed by atoms with van der Waals surface area (Å²) in [7, 11) is 0.265. The van der Waals surface area contributed by atoms with Gasteiger partial charge in [0.05, 0.1) is 0 Å². The van der Waals surface area contributed by atoms with E-state index in [2.05, 4.69) is 32.3 Å². The zero-order valence-corrected chi connectivity index (χ0v) is 13.0. The SMILES string of the molecule is CCO[Si](C)(CN(C)C1CCCCC1)OCC. The summed E-state index contributed by atoms with van der Waals surface area (Å²) in [6, 6.07) is 0.747. The predicted molar refractivity (Wildman–Crippen MR) is 74.4 cm³/mol. The second-order valence-electron chi connectivity index (χ2n) is 5.21. The van der Waals surface area contributed by atoms with Crippen molar-refractivity contribution < 1.29 is 8.85 Å². The van der Waals surface area contributed by atoms with Crippen molar-refractivity contribution in [3.8, 4) is 0 Å². The van der Waals surface area contributed by atoms with E-state index in [0.717, 1.165) is 25.4 Å². The third-order valence-electron chi connectivity index (χ3n) is 3.63. The van der Waals surface area contributed by atoms with Crippen LogP contribution in [0.1, 0.15) is 46.0 Å². The molecule has 0 aromatic carbocycles. The minimum absolute atomic E-state index is 0.747. The second-order valence-corrected chi connectivity index (χ2v) is 8.37. The monoisotopic (exact) mass is 259 g/mol. The molecule has 1 rings (SSSR count). The van der Waals surface area contributed by atoms with Crippen LogP contribution in [-0.2, 0) is 8.85 Å². The van der Waals surface area contributed by atoms with E-state index in [9.17, 15) is 0 Å². The molecule has 0 N–H and O–H groups in total. The Bertz CT molecular complexity index is 202. The van der Waals surface area contributed by atoms with Crippen molar-refractivity contribution in [2.24, 2.45) is 0 Å². The Labute approximate surface area is 108 Å². The van der Waals surface area contributed by atoms with Crippen LogP contribution in [0, 0.1) is 0 Å². The van der Waals surface area contributed by atoms with Crippen LogP contribution in [0.4, 0.5) is 0 Å². The van der Waals surface area contributed by atoms with Gasteiger partial charge in [-0.2, -0.15) is 0 Å². The van der Waals surface area contributed by atoms with Crippen LogP contribution >= 0.6 is 0 Å². The quantitative estimate of drug-likeness (QED) is 0.656. The highest BCUT2D eigenvalue weighted by atomic mass is 28.4. The van der Waals surface area contributed by atoms with Crippen LogP contribution in [0.3, 0.4) is 0 Å². The predicted octanol–water partition coefficient (Wildman–Crippen LogP) is 2.94. The van der Waals surface area contributed by atoms with E-state index in [1.807, 2.05) is 0 Å². The van der Waals surface area contributed by atoms with Crippen LogP contribution < -0.4 is 0 Å². The largest absolute Gasteiger partial charge is 0.394 e. The molecule has 102 valence electrons. The van der Waals surface area contributed by atoms with E-state index in [1.165, 1.54) is 32.1 Å². The fraction of sp³-hybridized carbons (Fsp3) is 1.00. The van der Waals surface area contributed by atoms with Crippen LogP contribution in [0.5, 0.6) is 0 Å². The van der Waals surface area contributed by atoms with Gasteiger partial charge in [0, 0.05) is 25.4 Å². The van der Waals surface area contributed by atoms with Gasteiger partial charge in [0.25, 0.3) is 0 Å². The maximum atomic E-state index is 5.91. The van der Waals surface area contributed by atoms with Gasteiger partial charge < -0.3 is 13.8 Å². The average molecular weight is 259 g/mol. The molecule has 0 unspecified atom stereocenters. The highest BCUT2D eigenvalue weighted by molar-refractivity contribution is 6.66. The van der Waals surface area contributed by atoms with Gasteiger partial charge in [-0.15, -0.1) is 0 Å². The highest BCUT2D eigenvalue weighted by Crippen LogP contribution is 2.23. The Balaban J connectivity index is 2.46. The molecule has 1 saturated carbocycles. The van der Waals surface area contributed by atoms with Crippen molar-refractivity contribution in [2.75, 3.05) is 26.4 Å². The Kier molecular flexibility index (Phi) is 6.70. The molecule has 0 radical (unpaired) electrons. The molecule has 0 amide bonds. The summed E-state index contributed by atoms with van der Waals surface area (Å²) in [6.07, 6.45) is 7.88. The fourth-order valence-electron chi connectivity index (χ4n) is 2.85. The topological polar surface area (TPSA) is 21.7 Å². The molecule has 1 aliphatic rings. The molecule has 0 saturated heterocycles. The zero-order valence-electron chi connectivity index (χ0n) is 12.0. The summed E-state index contributed by atoms with van der Waals surface area (Å²) in [5.41, 5.74) is 0. The van der Waals surface area contributed by atoms with Gasteiger partial charge >= 0.3 is 8.56 Å². The molecule has 1 aliphatic carbocycles. The van der Waals surface area contributed by atoms with Crippen molar-refractivity contribution in [1.82, 2.24) is 4.90 Å². The third-order valence-corrected chi connectivity index (χ3v) is 6.51. The lowest BCUT2D eigenvalue weighted by molar-refractivity contribution is 0.146. The Morgan fingerprint density at radius 1 is 1.06 bits per heavy atom. The fourth-order valence-corrected chi connectivity index (χ4v) is 5.50. The van der Waals surface area contributed by atoms with E-state index in [0.29, 0.717) is 0 Å². The van der Waals surface area contributed by atoms with Gasteiger partial charge in [-0.1, -0.05) is 19.3 Å². The molecule has 0 bridgehead atoms. The van der Waals surface area contributed by atoms with E-state index < -0.39 is 8.56 Å². The normalized spacial score (nSPS) is 18.9. The van der Waals surface area contributed by atoms with Crippen LogP contribution in [0.2, 0.25) is 6.55 Å². The molecule has 0 atom stereocenters. The molecule has 0 aromatic heterocycles. The van der Waals surface area contributed by atoms with Crippen LogP contribution in [-0.4, -0.2) is 45.9 Å². The molecular formula is C13H29NO2Si. The lowest BCUT2D eigenvalue weighted by Crippen LogP contribution is -2.52. The molecule has 0 aromatic rings. The van der Waals surface area contributed by atoms with Crippen molar-refractivity contribution in [3.05, 3.63) is 0 Å². The average Bonchev–Trinajstić information content (AvgIpc) is 2.30. The van der Waals surface area contributed by atoms with E-state index >= 15 is 0 Å².